The van der Waals surface area contributed by atoms with E-state index in [0.717, 1.165) is 32.6 Å². The van der Waals surface area contributed by atoms with Gasteiger partial charge in [0.2, 0.25) is 0 Å². The summed E-state index contributed by atoms with van der Waals surface area (Å²) in [5.74, 6) is -0.669. The summed E-state index contributed by atoms with van der Waals surface area (Å²) in [6.45, 7) is 3.62. The second-order valence-corrected chi connectivity index (χ2v) is 6.34. The average molecular weight is 316 g/mol. The average Bonchev–Trinajstić information content (AvgIpc) is 2.92. The van der Waals surface area contributed by atoms with E-state index in [1.807, 2.05) is 0 Å². The van der Waals surface area contributed by atoms with Crippen LogP contribution in [0.5, 0.6) is 0 Å². The summed E-state index contributed by atoms with van der Waals surface area (Å²) in [6.07, 6.45) is 1.07. The topological polar surface area (TPSA) is 44.0 Å². The number of rotatable bonds is 2. The van der Waals surface area contributed by atoms with E-state index < -0.39 is 12.1 Å². The number of aromatic nitrogens is 2. The molecule has 2 N–H and O–H groups in total. The van der Waals surface area contributed by atoms with Crippen molar-refractivity contribution in [2.24, 2.45) is 5.92 Å². The maximum absolute atomic E-state index is 13.3. The van der Waals surface area contributed by atoms with Crippen molar-refractivity contribution in [3.05, 3.63) is 18.2 Å². The van der Waals surface area contributed by atoms with Gasteiger partial charge < -0.3 is 10.3 Å². The molecule has 3 rings (SSSR count). The van der Waals surface area contributed by atoms with Crippen LogP contribution < -0.4 is 5.32 Å². The first-order chi connectivity index (χ1) is 10.6. The van der Waals surface area contributed by atoms with Crippen LogP contribution in [0.4, 0.5) is 13.2 Å². The standard InChI is InChI=1S/C15H23F3N4/c16-15(17,18)11-2-1-3-13(22-8-6-19-7-9-22)12(10-11)14-20-4-5-21-14/h4-5,11-13,19H,1-3,6-10H2,(H,20,21). The fraction of sp³-hybridized carbons (Fsp3) is 0.800. The van der Waals surface area contributed by atoms with Crippen molar-refractivity contribution in [3.8, 4) is 0 Å². The van der Waals surface area contributed by atoms with Crippen molar-refractivity contribution in [2.45, 2.75) is 43.8 Å². The molecular weight excluding hydrogens is 293 g/mol. The van der Waals surface area contributed by atoms with Gasteiger partial charge in [-0.05, 0) is 19.3 Å². The maximum Gasteiger partial charge on any atom is 0.391 e. The fourth-order valence-corrected chi connectivity index (χ4v) is 3.88. The van der Waals surface area contributed by atoms with E-state index in [4.69, 9.17) is 0 Å². The Morgan fingerprint density at radius 1 is 1.18 bits per heavy atom. The molecule has 1 aliphatic heterocycles. The molecular formula is C15H23F3N4. The Morgan fingerprint density at radius 3 is 2.59 bits per heavy atom. The normalized spacial score (nSPS) is 31.9. The summed E-state index contributed by atoms with van der Waals surface area (Å²) in [5, 5.41) is 3.31. The molecule has 0 radical (unpaired) electrons. The number of alkyl halides is 3. The molecule has 2 aliphatic rings. The predicted molar refractivity (Wildman–Crippen MR) is 77.6 cm³/mol. The van der Waals surface area contributed by atoms with Crippen molar-refractivity contribution < 1.29 is 13.2 Å². The highest BCUT2D eigenvalue weighted by Gasteiger charge is 2.45. The summed E-state index contributed by atoms with van der Waals surface area (Å²) in [4.78, 5) is 9.68. The zero-order chi connectivity index (χ0) is 15.6. The van der Waals surface area contributed by atoms with Gasteiger partial charge in [-0.25, -0.2) is 4.98 Å². The predicted octanol–water partition coefficient (Wildman–Crippen LogP) is 2.52. The Hall–Kier alpha value is -1.08. The summed E-state index contributed by atoms with van der Waals surface area (Å²) in [6, 6.07) is 0.153. The van der Waals surface area contributed by atoms with Gasteiger partial charge in [-0.2, -0.15) is 13.2 Å². The molecule has 3 atom stereocenters. The first-order valence-corrected chi connectivity index (χ1v) is 8.06. The third-order valence-corrected chi connectivity index (χ3v) is 5.01. The van der Waals surface area contributed by atoms with E-state index in [1.165, 1.54) is 0 Å². The minimum absolute atomic E-state index is 0.144. The molecule has 1 aromatic heterocycles. The van der Waals surface area contributed by atoms with E-state index in [2.05, 4.69) is 20.2 Å². The van der Waals surface area contributed by atoms with E-state index in [9.17, 15) is 13.2 Å². The van der Waals surface area contributed by atoms with E-state index >= 15 is 0 Å². The highest BCUT2D eigenvalue weighted by Crippen LogP contribution is 2.43. The smallest absolute Gasteiger partial charge is 0.348 e. The van der Waals surface area contributed by atoms with Crippen LogP contribution >= 0.6 is 0 Å². The summed E-state index contributed by atoms with van der Waals surface area (Å²) in [7, 11) is 0. The number of hydrogen-bond donors (Lipinski definition) is 2. The SMILES string of the molecule is FC(F)(F)C1CCCC(N2CCNCC2)C(c2ncc[nH]2)C1. The van der Waals surface area contributed by atoms with Crippen LogP contribution in [0.2, 0.25) is 0 Å². The Labute approximate surface area is 128 Å². The van der Waals surface area contributed by atoms with Gasteiger partial charge in [-0.1, -0.05) is 6.42 Å². The Bertz CT molecular complexity index is 454. The van der Waals surface area contributed by atoms with Crippen LogP contribution in [0.3, 0.4) is 0 Å². The Morgan fingerprint density at radius 2 is 1.95 bits per heavy atom. The Balaban J connectivity index is 1.83. The molecule has 1 aromatic rings. The highest BCUT2D eigenvalue weighted by atomic mass is 19.4. The van der Waals surface area contributed by atoms with Crippen LogP contribution in [0.15, 0.2) is 12.4 Å². The van der Waals surface area contributed by atoms with Gasteiger partial charge in [0.1, 0.15) is 5.82 Å². The molecule has 3 unspecified atom stereocenters. The first kappa shape index (κ1) is 15.8. The first-order valence-electron chi connectivity index (χ1n) is 8.06. The zero-order valence-electron chi connectivity index (χ0n) is 12.6. The zero-order valence-corrected chi connectivity index (χ0v) is 12.6. The summed E-state index contributed by atoms with van der Waals surface area (Å²) >= 11 is 0. The van der Waals surface area contributed by atoms with Crippen molar-refractivity contribution in [2.75, 3.05) is 26.2 Å². The molecule has 22 heavy (non-hydrogen) atoms. The molecule has 0 aromatic carbocycles. The second kappa shape index (κ2) is 6.58. The molecule has 2 heterocycles. The van der Waals surface area contributed by atoms with Gasteiger partial charge in [0.25, 0.3) is 0 Å². The van der Waals surface area contributed by atoms with Crippen molar-refractivity contribution >= 4 is 0 Å². The maximum atomic E-state index is 13.3. The summed E-state index contributed by atoms with van der Waals surface area (Å²) in [5.41, 5.74) is 0. The third-order valence-electron chi connectivity index (χ3n) is 5.01. The number of H-pyrrole nitrogens is 1. The molecule has 124 valence electrons. The fourth-order valence-electron chi connectivity index (χ4n) is 3.88. The van der Waals surface area contributed by atoms with E-state index in [0.29, 0.717) is 12.2 Å². The van der Waals surface area contributed by atoms with E-state index in [-0.39, 0.29) is 24.8 Å². The number of hydrogen-bond acceptors (Lipinski definition) is 3. The minimum atomic E-state index is -4.11. The lowest BCUT2D eigenvalue weighted by Gasteiger charge is -2.38. The molecule has 1 saturated carbocycles. The minimum Gasteiger partial charge on any atom is -0.348 e. The Kier molecular flexibility index (Phi) is 4.73. The van der Waals surface area contributed by atoms with Gasteiger partial charge in [-0.15, -0.1) is 0 Å². The van der Waals surface area contributed by atoms with Gasteiger partial charge in [0.15, 0.2) is 0 Å². The lowest BCUT2D eigenvalue weighted by Crippen LogP contribution is -2.50. The second-order valence-electron chi connectivity index (χ2n) is 6.34. The van der Waals surface area contributed by atoms with Crippen LogP contribution in [-0.2, 0) is 0 Å². The highest BCUT2D eigenvalue weighted by molar-refractivity contribution is 5.05. The third kappa shape index (κ3) is 3.46. The van der Waals surface area contributed by atoms with Crippen molar-refractivity contribution in [3.63, 3.8) is 0 Å². The van der Waals surface area contributed by atoms with Crippen molar-refractivity contribution in [1.29, 1.82) is 0 Å². The number of nitrogens with one attached hydrogen (secondary N) is 2. The van der Waals surface area contributed by atoms with Gasteiger partial charge in [0.05, 0.1) is 5.92 Å². The van der Waals surface area contributed by atoms with Gasteiger partial charge in [-0.3, -0.25) is 4.90 Å². The van der Waals surface area contributed by atoms with Crippen molar-refractivity contribution in [1.82, 2.24) is 20.2 Å². The van der Waals surface area contributed by atoms with Crippen LogP contribution in [0.25, 0.3) is 0 Å². The monoisotopic (exact) mass is 316 g/mol. The van der Waals surface area contributed by atoms with Crippen LogP contribution in [0.1, 0.15) is 37.4 Å². The van der Waals surface area contributed by atoms with Gasteiger partial charge in [0, 0.05) is 50.5 Å². The molecule has 0 spiro atoms. The van der Waals surface area contributed by atoms with Gasteiger partial charge >= 0.3 is 6.18 Å². The molecule has 1 saturated heterocycles. The molecule has 0 bridgehead atoms. The van der Waals surface area contributed by atoms with Crippen LogP contribution in [-0.4, -0.2) is 53.3 Å². The molecule has 2 fully saturated rings. The van der Waals surface area contributed by atoms with E-state index in [1.54, 1.807) is 12.4 Å². The molecule has 7 heteroatoms. The molecule has 4 nitrogen and oxygen atoms in total. The molecule has 1 aliphatic carbocycles. The molecule has 0 amide bonds. The number of nitrogens with zero attached hydrogens (tertiary/aromatic N) is 2. The number of aromatic amines is 1. The van der Waals surface area contributed by atoms with Crippen LogP contribution in [0, 0.1) is 5.92 Å². The quantitative estimate of drug-likeness (QED) is 0.824. The number of piperazine rings is 1. The largest absolute Gasteiger partial charge is 0.391 e. The summed E-state index contributed by atoms with van der Waals surface area (Å²) < 4.78 is 39.8. The number of imidazole rings is 1. The number of halogens is 3. The lowest BCUT2D eigenvalue weighted by molar-refractivity contribution is -0.178. The lowest BCUT2D eigenvalue weighted by atomic mass is 9.88.